The van der Waals surface area contributed by atoms with Gasteiger partial charge >= 0.3 is 6.18 Å². The highest BCUT2D eigenvalue weighted by atomic mass is 19.4. The van der Waals surface area contributed by atoms with Crippen LogP contribution in [0.25, 0.3) is 0 Å². The van der Waals surface area contributed by atoms with Crippen LogP contribution in [-0.2, 0) is 6.42 Å². The molecule has 3 heterocycles. The molecule has 4 rings (SSSR count). The zero-order chi connectivity index (χ0) is 30.3. The Labute approximate surface area is 249 Å². The van der Waals surface area contributed by atoms with Crippen molar-refractivity contribution in [3.8, 4) is 0 Å². The summed E-state index contributed by atoms with van der Waals surface area (Å²) < 4.78 is 43.1. The van der Waals surface area contributed by atoms with Gasteiger partial charge in [0, 0.05) is 59.0 Å². The summed E-state index contributed by atoms with van der Waals surface area (Å²) in [4.78, 5) is 10.0. The lowest BCUT2D eigenvalue weighted by Gasteiger charge is -2.40. The second kappa shape index (κ2) is 14.4. The Morgan fingerprint density at radius 3 is 2.33 bits per heavy atom. The molecule has 0 saturated carbocycles. The Kier molecular flexibility index (Phi) is 10.9. The van der Waals surface area contributed by atoms with Gasteiger partial charge in [0.05, 0.1) is 11.3 Å². The molecule has 0 amide bonds. The first kappa shape index (κ1) is 31.8. The third-order valence-corrected chi connectivity index (χ3v) is 8.84. The summed E-state index contributed by atoms with van der Waals surface area (Å²) in [5, 5.41) is 7.25. The van der Waals surface area contributed by atoms with E-state index >= 15 is 0 Å². The number of hydrogen-bond acceptors (Lipinski definition) is 6. The van der Waals surface area contributed by atoms with Crippen LogP contribution in [0.5, 0.6) is 0 Å². The second-order valence-electron chi connectivity index (χ2n) is 12.0. The number of nitrogens with zero attached hydrogens (tertiary/aromatic N) is 7. The molecule has 0 radical (unpaired) electrons. The molecule has 0 spiro atoms. The number of halogens is 3. The molecule has 1 aromatic rings. The zero-order valence-electron chi connectivity index (χ0n) is 25.5. The van der Waals surface area contributed by atoms with E-state index in [2.05, 4.69) is 33.8 Å². The quantitative estimate of drug-likeness (QED) is 0.207. The molecule has 230 valence electrons. The van der Waals surface area contributed by atoms with Crippen molar-refractivity contribution >= 4 is 18.7 Å². The Bertz CT molecular complexity index is 1170. The van der Waals surface area contributed by atoms with Gasteiger partial charge < -0.3 is 19.6 Å². The van der Waals surface area contributed by atoms with Gasteiger partial charge in [-0.3, -0.25) is 4.90 Å². The van der Waals surface area contributed by atoms with Crippen molar-refractivity contribution in [2.24, 2.45) is 22.0 Å². The molecule has 3 aliphatic heterocycles. The predicted molar refractivity (Wildman–Crippen MR) is 167 cm³/mol. The van der Waals surface area contributed by atoms with Gasteiger partial charge in [-0.25, -0.2) is 0 Å². The second-order valence-corrected chi connectivity index (χ2v) is 12.0. The summed E-state index contributed by atoms with van der Waals surface area (Å²) in [6, 6.07) is 7.85. The first-order valence-corrected chi connectivity index (χ1v) is 14.9. The highest BCUT2D eigenvalue weighted by Crippen LogP contribution is 2.38. The number of hydrogen-bond donors (Lipinski definition) is 0. The summed E-state index contributed by atoms with van der Waals surface area (Å²) >= 11 is 0. The summed E-state index contributed by atoms with van der Waals surface area (Å²) in [7, 11) is 7.58. The molecule has 7 nitrogen and oxygen atoms in total. The van der Waals surface area contributed by atoms with Crippen LogP contribution < -0.4 is 4.90 Å². The van der Waals surface area contributed by atoms with E-state index in [1.54, 1.807) is 36.4 Å². The van der Waals surface area contributed by atoms with E-state index in [9.17, 15) is 13.2 Å². The van der Waals surface area contributed by atoms with Gasteiger partial charge in [0.2, 0.25) is 0 Å². The number of benzene rings is 1. The van der Waals surface area contributed by atoms with Crippen LogP contribution in [0.3, 0.4) is 0 Å². The monoisotopic (exact) mass is 585 g/mol. The van der Waals surface area contributed by atoms with Crippen molar-refractivity contribution in [1.82, 2.24) is 19.6 Å². The Morgan fingerprint density at radius 2 is 1.69 bits per heavy atom. The maximum Gasteiger partial charge on any atom is 0.418 e. The average molecular weight is 586 g/mol. The van der Waals surface area contributed by atoms with Crippen LogP contribution in [0.1, 0.15) is 31.2 Å². The molecular formula is C32H46F3N7. The molecule has 1 aromatic carbocycles. The fourth-order valence-corrected chi connectivity index (χ4v) is 6.30. The van der Waals surface area contributed by atoms with E-state index in [1.165, 1.54) is 32.0 Å². The van der Waals surface area contributed by atoms with E-state index < -0.39 is 11.7 Å². The van der Waals surface area contributed by atoms with Gasteiger partial charge in [-0.15, -0.1) is 5.10 Å². The number of alkyl halides is 3. The molecule has 42 heavy (non-hydrogen) atoms. The van der Waals surface area contributed by atoms with Crippen LogP contribution in [0.4, 0.5) is 18.9 Å². The first-order valence-electron chi connectivity index (χ1n) is 14.9. The third-order valence-electron chi connectivity index (χ3n) is 8.84. The van der Waals surface area contributed by atoms with Crippen molar-refractivity contribution in [3.63, 3.8) is 0 Å². The molecular weight excluding hydrogens is 539 g/mol. The summed E-state index contributed by atoms with van der Waals surface area (Å²) in [5.74, 6) is 1.54. The summed E-state index contributed by atoms with van der Waals surface area (Å²) in [6.45, 7) is 8.84. The highest BCUT2D eigenvalue weighted by Gasteiger charge is 2.39. The van der Waals surface area contributed by atoms with E-state index in [0.29, 0.717) is 12.1 Å². The predicted octanol–water partition coefficient (Wildman–Crippen LogP) is 5.45. The zero-order valence-corrected chi connectivity index (χ0v) is 25.5. The van der Waals surface area contributed by atoms with Crippen molar-refractivity contribution in [1.29, 1.82) is 0 Å². The lowest BCUT2D eigenvalue weighted by molar-refractivity contribution is -0.0912. The van der Waals surface area contributed by atoms with Gasteiger partial charge in [-0.05, 0) is 107 Å². The number of rotatable bonds is 10. The standard InChI is InChI=1S/C32H46F3N7/c1-36-37-24-39(3)14-9-25-7-6-8-29(19-25)40(4)23-31-30(32(33,34)35)20-26(21-41(31)5)22-42-17-12-28(13-18-42)27-10-15-38(2)16-11-27/h6-8,19-21,23-24,27-28H,1,9-18,22H2,2-5H3/b31-23-,37-24-. The molecule has 0 N–H and O–H groups in total. The van der Waals surface area contributed by atoms with Crippen LogP contribution >= 0.6 is 0 Å². The SMILES string of the molecule is C=N/N=C\N(C)CCc1cccc(N(C)/C=C2/C(C(F)(F)F)=CC(CN3CCC(C4CCN(C)CC4)CC3)=CN2C)c1. The van der Waals surface area contributed by atoms with E-state index in [0.717, 1.165) is 62.0 Å². The molecule has 0 unspecified atom stereocenters. The molecule has 2 saturated heterocycles. The van der Waals surface area contributed by atoms with Gasteiger partial charge in [-0.1, -0.05) is 12.1 Å². The first-order chi connectivity index (χ1) is 20.0. The van der Waals surface area contributed by atoms with Crippen molar-refractivity contribution in [3.05, 3.63) is 65.1 Å². The minimum atomic E-state index is -4.46. The van der Waals surface area contributed by atoms with E-state index in [4.69, 9.17) is 0 Å². The molecule has 2 fully saturated rings. The molecule has 3 aliphatic rings. The van der Waals surface area contributed by atoms with Crippen LogP contribution in [0.2, 0.25) is 0 Å². The smallest absolute Gasteiger partial charge is 0.364 e. The van der Waals surface area contributed by atoms with Gasteiger partial charge in [0.1, 0.15) is 6.34 Å². The van der Waals surface area contributed by atoms with Gasteiger partial charge in [0.25, 0.3) is 0 Å². The lowest BCUT2D eigenvalue weighted by Crippen LogP contribution is -2.40. The molecule has 0 aromatic heterocycles. The average Bonchev–Trinajstić information content (AvgIpc) is 2.96. The van der Waals surface area contributed by atoms with Crippen molar-refractivity contribution < 1.29 is 13.2 Å². The Balaban J connectivity index is 1.41. The third kappa shape index (κ3) is 8.70. The molecule has 10 heteroatoms. The largest absolute Gasteiger partial charge is 0.418 e. The fraction of sp³-hybridized carbons (Fsp3) is 0.562. The number of allylic oxidation sites excluding steroid dienone is 1. The van der Waals surface area contributed by atoms with Crippen molar-refractivity contribution in [2.45, 2.75) is 38.3 Å². The summed E-state index contributed by atoms with van der Waals surface area (Å²) in [5.41, 5.74) is 2.12. The minimum absolute atomic E-state index is 0.132. The van der Waals surface area contributed by atoms with E-state index in [1.807, 2.05) is 42.4 Å². The number of piperidine rings is 2. The maximum atomic E-state index is 14.4. The van der Waals surface area contributed by atoms with Gasteiger partial charge in [0.15, 0.2) is 0 Å². The normalized spacial score (nSPS) is 21.1. The van der Waals surface area contributed by atoms with Gasteiger partial charge in [-0.2, -0.15) is 18.3 Å². The van der Waals surface area contributed by atoms with E-state index in [-0.39, 0.29) is 5.70 Å². The fourth-order valence-electron chi connectivity index (χ4n) is 6.30. The van der Waals surface area contributed by atoms with Crippen LogP contribution in [0.15, 0.2) is 69.8 Å². The molecule has 0 aliphatic carbocycles. The minimum Gasteiger partial charge on any atom is -0.364 e. The Hall–Kier alpha value is -3.11. The Morgan fingerprint density at radius 1 is 1.02 bits per heavy atom. The molecule has 0 bridgehead atoms. The highest BCUT2D eigenvalue weighted by molar-refractivity contribution is 5.55. The number of likely N-dealkylation sites (tertiary alicyclic amines) is 2. The number of likely N-dealkylation sites (N-methyl/N-ethyl adjacent to an activating group) is 2. The molecule has 0 atom stereocenters. The van der Waals surface area contributed by atoms with Crippen LogP contribution in [0, 0.1) is 11.8 Å². The van der Waals surface area contributed by atoms with Crippen molar-refractivity contribution in [2.75, 3.05) is 72.4 Å². The topological polar surface area (TPSA) is 40.9 Å². The maximum absolute atomic E-state index is 14.4. The summed E-state index contributed by atoms with van der Waals surface area (Å²) in [6.07, 6.45) is 7.48. The number of anilines is 1. The lowest BCUT2D eigenvalue weighted by atomic mass is 9.79. The van der Waals surface area contributed by atoms with Crippen LogP contribution in [-0.4, -0.2) is 106 Å².